The van der Waals surface area contributed by atoms with Gasteiger partial charge in [-0.05, 0) is 19.3 Å². The Morgan fingerprint density at radius 1 is 1.18 bits per heavy atom. The first-order valence-corrected chi connectivity index (χ1v) is 7.84. The van der Waals surface area contributed by atoms with Crippen LogP contribution in [0.1, 0.15) is 34.1 Å². The van der Waals surface area contributed by atoms with E-state index in [4.69, 9.17) is 5.73 Å². The van der Waals surface area contributed by atoms with Gasteiger partial charge < -0.3 is 10.3 Å². The normalized spacial score (nSPS) is 13.2. The van der Waals surface area contributed by atoms with Crippen LogP contribution < -0.4 is 17.0 Å². The number of aromatic nitrogens is 4. The molecule has 2 aromatic rings. The first kappa shape index (κ1) is 16.5. The highest BCUT2D eigenvalue weighted by Crippen LogP contribution is 2.10. The van der Waals surface area contributed by atoms with Crippen molar-refractivity contribution in [3.8, 4) is 0 Å². The molecule has 0 aromatic carbocycles. The standard InChI is InChI=1S/C15H25N5O2/c1-5-11(16)8-18-9-17-13-12(18)14(21)19(6-2)15(22)20(13)7-10(3)4/h9-11H,5-8,16H2,1-4H3. The van der Waals surface area contributed by atoms with E-state index in [1.807, 2.05) is 20.8 Å². The summed E-state index contributed by atoms with van der Waals surface area (Å²) in [6.07, 6.45) is 2.42. The van der Waals surface area contributed by atoms with Gasteiger partial charge in [0, 0.05) is 25.7 Å². The maximum absolute atomic E-state index is 12.6. The average molecular weight is 307 g/mol. The van der Waals surface area contributed by atoms with E-state index in [-0.39, 0.29) is 23.2 Å². The molecule has 7 nitrogen and oxygen atoms in total. The van der Waals surface area contributed by atoms with Gasteiger partial charge in [0.1, 0.15) is 0 Å². The molecule has 0 aliphatic rings. The van der Waals surface area contributed by atoms with Gasteiger partial charge in [0.05, 0.1) is 6.33 Å². The molecule has 2 N–H and O–H groups in total. The Bertz CT molecular complexity index is 769. The third-order valence-electron chi connectivity index (χ3n) is 3.80. The molecule has 0 bridgehead atoms. The number of hydrogen-bond donors (Lipinski definition) is 1. The minimum absolute atomic E-state index is 0.0441. The van der Waals surface area contributed by atoms with E-state index in [1.165, 1.54) is 4.57 Å². The van der Waals surface area contributed by atoms with E-state index in [2.05, 4.69) is 4.98 Å². The minimum atomic E-state index is -0.293. The fourth-order valence-corrected chi connectivity index (χ4v) is 2.57. The van der Waals surface area contributed by atoms with Gasteiger partial charge in [0.25, 0.3) is 5.56 Å². The highest BCUT2D eigenvalue weighted by molar-refractivity contribution is 5.70. The SMILES string of the molecule is CCC(N)Cn1cnc2c1c(=O)n(CC)c(=O)n2CC(C)C. The van der Waals surface area contributed by atoms with Crippen molar-refractivity contribution in [2.24, 2.45) is 11.7 Å². The van der Waals surface area contributed by atoms with Crippen LogP contribution in [0.25, 0.3) is 11.2 Å². The number of rotatable bonds is 6. The molecule has 0 fully saturated rings. The van der Waals surface area contributed by atoms with E-state index in [9.17, 15) is 9.59 Å². The number of imidazole rings is 1. The lowest BCUT2D eigenvalue weighted by molar-refractivity contribution is 0.490. The summed E-state index contributed by atoms with van der Waals surface area (Å²) in [4.78, 5) is 29.4. The topological polar surface area (TPSA) is 87.8 Å². The molecule has 0 saturated carbocycles. The van der Waals surface area contributed by atoms with Crippen molar-refractivity contribution in [3.63, 3.8) is 0 Å². The summed E-state index contributed by atoms with van der Waals surface area (Å²) in [5.74, 6) is 0.284. The first-order valence-electron chi connectivity index (χ1n) is 7.84. The maximum atomic E-state index is 12.6. The number of hydrogen-bond acceptors (Lipinski definition) is 4. The monoisotopic (exact) mass is 307 g/mol. The number of fused-ring (bicyclic) bond motifs is 1. The maximum Gasteiger partial charge on any atom is 0.332 e. The second kappa shape index (κ2) is 6.48. The molecular weight excluding hydrogens is 282 g/mol. The van der Waals surface area contributed by atoms with Crippen molar-refractivity contribution < 1.29 is 0 Å². The second-order valence-corrected chi connectivity index (χ2v) is 6.07. The van der Waals surface area contributed by atoms with Gasteiger partial charge in [-0.2, -0.15) is 0 Å². The van der Waals surface area contributed by atoms with Crippen molar-refractivity contribution in [2.75, 3.05) is 0 Å². The molecule has 0 saturated heterocycles. The molecule has 122 valence electrons. The zero-order chi connectivity index (χ0) is 16.4. The van der Waals surface area contributed by atoms with Crippen LogP contribution in [-0.4, -0.2) is 24.7 Å². The summed E-state index contributed by atoms with van der Waals surface area (Å²) in [7, 11) is 0. The molecule has 0 aliphatic heterocycles. The summed E-state index contributed by atoms with van der Waals surface area (Å²) in [5.41, 5.74) is 6.34. The van der Waals surface area contributed by atoms with E-state index in [0.717, 1.165) is 6.42 Å². The molecule has 0 amide bonds. The molecule has 2 heterocycles. The van der Waals surface area contributed by atoms with Gasteiger partial charge in [-0.15, -0.1) is 0 Å². The summed E-state index contributed by atoms with van der Waals surface area (Å²) in [6, 6.07) is -0.0441. The summed E-state index contributed by atoms with van der Waals surface area (Å²) >= 11 is 0. The van der Waals surface area contributed by atoms with Gasteiger partial charge >= 0.3 is 5.69 Å². The quantitative estimate of drug-likeness (QED) is 0.854. The third kappa shape index (κ3) is 2.85. The summed E-state index contributed by atoms with van der Waals surface area (Å²) in [5, 5.41) is 0. The molecule has 0 aliphatic carbocycles. The van der Waals surface area contributed by atoms with Crippen molar-refractivity contribution in [1.82, 2.24) is 18.7 Å². The number of nitrogens with zero attached hydrogens (tertiary/aromatic N) is 4. The molecule has 0 radical (unpaired) electrons. The van der Waals surface area contributed by atoms with Crippen LogP contribution in [0.3, 0.4) is 0 Å². The lowest BCUT2D eigenvalue weighted by Gasteiger charge is -2.14. The molecule has 1 unspecified atom stereocenters. The van der Waals surface area contributed by atoms with Crippen LogP contribution in [-0.2, 0) is 19.6 Å². The Labute approximate surface area is 129 Å². The van der Waals surface area contributed by atoms with Gasteiger partial charge in [-0.1, -0.05) is 20.8 Å². The Kier molecular flexibility index (Phi) is 4.85. The Hall–Kier alpha value is -1.89. The van der Waals surface area contributed by atoms with Crippen LogP contribution in [0.15, 0.2) is 15.9 Å². The Morgan fingerprint density at radius 2 is 1.86 bits per heavy atom. The predicted octanol–water partition coefficient (Wildman–Crippen LogP) is 0.773. The van der Waals surface area contributed by atoms with Crippen molar-refractivity contribution in [1.29, 1.82) is 0 Å². The molecule has 22 heavy (non-hydrogen) atoms. The third-order valence-corrected chi connectivity index (χ3v) is 3.80. The van der Waals surface area contributed by atoms with E-state index < -0.39 is 0 Å². The Morgan fingerprint density at radius 3 is 2.41 bits per heavy atom. The van der Waals surface area contributed by atoms with E-state index in [1.54, 1.807) is 22.4 Å². The molecule has 2 rings (SSSR count). The highest BCUT2D eigenvalue weighted by Gasteiger charge is 2.18. The Balaban J connectivity index is 2.75. The predicted molar refractivity (Wildman–Crippen MR) is 87.0 cm³/mol. The fourth-order valence-electron chi connectivity index (χ4n) is 2.57. The van der Waals surface area contributed by atoms with Crippen LogP contribution in [0.5, 0.6) is 0 Å². The lowest BCUT2D eigenvalue weighted by Crippen LogP contribution is -2.41. The number of nitrogens with two attached hydrogens (primary N) is 1. The van der Waals surface area contributed by atoms with Crippen molar-refractivity contribution >= 4 is 11.2 Å². The minimum Gasteiger partial charge on any atom is -0.326 e. The zero-order valence-electron chi connectivity index (χ0n) is 13.7. The van der Waals surface area contributed by atoms with Gasteiger partial charge in [0.2, 0.25) is 0 Å². The zero-order valence-corrected chi connectivity index (χ0v) is 13.7. The lowest BCUT2D eigenvalue weighted by atomic mass is 10.2. The van der Waals surface area contributed by atoms with Crippen LogP contribution in [0, 0.1) is 5.92 Å². The largest absolute Gasteiger partial charge is 0.332 e. The van der Waals surface area contributed by atoms with E-state index in [0.29, 0.717) is 30.8 Å². The van der Waals surface area contributed by atoms with Crippen molar-refractivity contribution in [2.45, 2.75) is 59.8 Å². The van der Waals surface area contributed by atoms with Crippen molar-refractivity contribution in [3.05, 3.63) is 27.2 Å². The highest BCUT2D eigenvalue weighted by atomic mass is 16.2. The van der Waals surface area contributed by atoms with Gasteiger partial charge in [0.15, 0.2) is 11.2 Å². The molecule has 7 heteroatoms. The second-order valence-electron chi connectivity index (χ2n) is 6.07. The molecule has 0 spiro atoms. The van der Waals surface area contributed by atoms with E-state index >= 15 is 0 Å². The molecule has 2 aromatic heterocycles. The van der Waals surface area contributed by atoms with Crippen LogP contribution in [0.4, 0.5) is 0 Å². The van der Waals surface area contributed by atoms with Crippen LogP contribution >= 0.6 is 0 Å². The molecule has 1 atom stereocenters. The summed E-state index contributed by atoms with van der Waals surface area (Å²) < 4.78 is 4.63. The smallest absolute Gasteiger partial charge is 0.326 e. The molecular formula is C15H25N5O2. The van der Waals surface area contributed by atoms with Gasteiger partial charge in [-0.25, -0.2) is 9.78 Å². The first-order chi connectivity index (χ1) is 10.4. The fraction of sp³-hybridized carbons (Fsp3) is 0.667. The average Bonchev–Trinajstić information content (AvgIpc) is 2.87. The van der Waals surface area contributed by atoms with Crippen LogP contribution in [0.2, 0.25) is 0 Å². The van der Waals surface area contributed by atoms with Gasteiger partial charge in [-0.3, -0.25) is 13.9 Å². The summed E-state index contributed by atoms with van der Waals surface area (Å²) in [6.45, 7) is 9.26.